The molecule has 1 unspecified atom stereocenters. The average Bonchev–Trinajstić information content (AvgIpc) is 3.10. The first-order valence-electron chi connectivity index (χ1n) is 10.4. The smallest absolute Gasteiger partial charge is 0.338 e. The van der Waals surface area contributed by atoms with E-state index in [0.717, 1.165) is 22.4 Å². The van der Waals surface area contributed by atoms with Crippen molar-refractivity contribution in [1.82, 2.24) is 10.5 Å². The van der Waals surface area contributed by atoms with Crippen LogP contribution in [0.1, 0.15) is 57.0 Å². The lowest BCUT2D eigenvalue weighted by Gasteiger charge is -2.16. The van der Waals surface area contributed by atoms with Crippen molar-refractivity contribution in [3.8, 4) is 5.75 Å². The first kappa shape index (κ1) is 23.1. The van der Waals surface area contributed by atoms with E-state index in [1.165, 1.54) is 5.56 Å². The second-order valence-corrected chi connectivity index (χ2v) is 7.82. The fourth-order valence-corrected chi connectivity index (χ4v) is 3.17. The molecule has 1 N–H and O–H groups in total. The highest BCUT2D eigenvalue weighted by Crippen LogP contribution is 2.19. The molecule has 0 fully saturated rings. The minimum absolute atomic E-state index is 0.186. The van der Waals surface area contributed by atoms with Gasteiger partial charge >= 0.3 is 5.97 Å². The lowest BCUT2D eigenvalue weighted by Crippen LogP contribution is -2.31. The van der Waals surface area contributed by atoms with Crippen molar-refractivity contribution in [2.45, 2.75) is 47.3 Å². The fraction of sp³-hybridized carbons (Fsp3) is 0.320. The number of esters is 1. The van der Waals surface area contributed by atoms with Gasteiger partial charge in [-0.1, -0.05) is 23.4 Å². The molecule has 0 saturated carbocycles. The van der Waals surface area contributed by atoms with E-state index in [9.17, 15) is 9.59 Å². The number of nitrogens with zero attached hydrogens (tertiary/aromatic N) is 1. The summed E-state index contributed by atoms with van der Waals surface area (Å²) in [6.07, 6.45) is 0. The van der Waals surface area contributed by atoms with Crippen LogP contribution in [0.2, 0.25) is 0 Å². The van der Waals surface area contributed by atoms with Crippen molar-refractivity contribution in [1.29, 1.82) is 0 Å². The quantitative estimate of drug-likeness (QED) is 0.522. The summed E-state index contributed by atoms with van der Waals surface area (Å²) in [7, 11) is 0. The van der Waals surface area contributed by atoms with Crippen molar-refractivity contribution >= 4 is 11.9 Å². The number of ether oxygens (including phenoxy) is 2. The summed E-state index contributed by atoms with van der Waals surface area (Å²) < 4.78 is 16.0. The van der Waals surface area contributed by atoms with Crippen LogP contribution in [0.5, 0.6) is 5.75 Å². The third kappa shape index (κ3) is 5.75. The van der Waals surface area contributed by atoms with Gasteiger partial charge < -0.3 is 19.3 Å². The van der Waals surface area contributed by atoms with Crippen LogP contribution in [0, 0.1) is 27.7 Å². The Morgan fingerprint density at radius 1 is 1.03 bits per heavy atom. The molecule has 0 aliphatic rings. The highest BCUT2D eigenvalue weighted by Gasteiger charge is 2.14. The predicted octanol–water partition coefficient (Wildman–Crippen LogP) is 4.52. The number of amides is 1. The minimum Gasteiger partial charge on any atom is -0.489 e. The summed E-state index contributed by atoms with van der Waals surface area (Å²) in [5, 5.41) is 6.74. The first-order valence-corrected chi connectivity index (χ1v) is 10.4. The molecule has 0 radical (unpaired) electrons. The zero-order chi connectivity index (χ0) is 23.3. The molecule has 3 rings (SSSR count). The average molecular weight is 437 g/mol. The summed E-state index contributed by atoms with van der Waals surface area (Å²) in [5.41, 5.74) is 5.38. The van der Waals surface area contributed by atoms with Crippen LogP contribution >= 0.6 is 0 Å². The van der Waals surface area contributed by atoms with Crippen LogP contribution in [0.4, 0.5) is 0 Å². The van der Waals surface area contributed by atoms with E-state index in [1.807, 2.05) is 52.8 Å². The molecule has 32 heavy (non-hydrogen) atoms. The lowest BCUT2D eigenvalue weighted by molar-refractivity contribution is -0.124. The zero-order valence-corrected chi connectivity index (χ0v) is 19.0. The van der Waals surface area contributed by atoms with Gasteiger partial charge in [0.2, 0.25) is 0 Å². The number of aromatic nitrogens is 1. The monoisotopic (exact) mass is 436 g/mol. The third-order valence-electron chi connectivity index (χ3n) is 5.40. The van der Waals surface area contributed by atoms with E-state index in [0.29, 0.717) is 23.7 Å². The topological polar surface area (TPSA) is 90.7 Å². The molecule has 7 nitrogen and oxygen atoms in total. The Morgan fingerprint density at radius 2 is 1.75 bits per heavy atom. The highest BCUT2D eigenvalue weighted by molar-refractivity contribution is 5.91. The lowest BCUT2D eigenvalue weighted by atomic mass is 10.0. The molecule has 1 atom stereocenters. The fourth-order valence-electron chi connectivity index (χ4n) is 3.17. The van der Waals surface area contributed by atoms with E-state index in [4.69, 9.17) is 14.0 Å². The van der Waals surface area contributed by atoms with Crippen molar-refractivity contribution < 1.29 is 23.6 Å². The van der Waals surface area contributed by atoms with Crippen LogP contribution in [-0.4, -0.2) is 23.6 Å². The predicted molar refractivity (Wildman–Crippen MR) is 120 cm³/mol. The van der Waals surface area contributed by atoms with Gasteiger partial charge in [0.1, 0.15) is 18.1 Å². The molecular weight excluding hydrogens is 408 g/mol. The van der Waals surface area contributed by atoms with Gasteiger partial charge in [-0.3, -0.25) is 4.79 Å². The second kappa shape index (κ2) is 10.1. The van der Waals surface area contributed by atoms with E-state index in [2.05, 4.69) is 10.5 Å². The number of hydrogen-bond donors (Lipinski definition) is 1. The van der Waals surface area contributed by atoms with Crippen molar-refractivity contribution in [2.75, 3.05) is 6.61 Å². The molecule has 0 aliphatic heterocycles. The van der Waals surface area contributed by atoms with Crippen LogP contribution < -0.4 is 10.1 Å². The summed E-state index contributed by atoms with van der Waals surface area (Å²) in [6, 6.07) is 12.4. The van der Waals surface area contributed by atoms with E-state index in [1.54, 1.807) is 24.3 Å². The number of benzene rings is 2. The Bertz CT molecular complexity index is 1080. The number of rotatable bonds is 8. The maximum absolute atomic E-state index is 12.3. The van der Waals surface area contributed by atoms with Crippen LogP contribution in [0.25, 0.3) is 0 Å². The van der Waals surface area contributed by atoms with Gasteiger partial charge in [0.25, 0.3) is 5.91 Å². The van der Waals surface area contributed by atoms with Crippen molar-refractivity contribution in [3.63, 3.8) is 0 Å². The normalized spacial score (nSPS) is 11.7. The Morgan fingerprint density at radius 3 is 2.38 bits per heavy atom. The van der Waals surface area contributed by atoms with Gasteiger partial charge in [0.15, 0.2) is 6.61 Å². The van der Waals surface area contributed by atoms with E-state index < -0.39 is 5.97 Å². The Kier molecular flexibility index (Phi) is 7.30. The van der Waals surface area contributed by atoms with Crippen LogP contribution in [-0.2, 0) is 16.1 Å². The Balaban J connectivity index is 1.47. The minimum atomic E-state index is -0.573. The SMILES string of the molecule is Cc1ccc(C(C)NC(=O)COC(=O)c2ccc(OCc3c(C)noc3C)cc2)cc1C. The van der Waals surface area contributed by atoms with Crippen LogP contribution in [0.3, 0.4) is 0 Å². The van der Waals surface area contributed by atoms with E-state index >= 15 is 0 Å². The number of carbonyl (C=O) groups excluding carboxylic acids is 2. The molecule has 1 amide bonds. The molecule has 168 valence electrons. The van der Waals surface area contributed by atoms with Gasteiger partial charge in [-0.05, 0) is 75.6 Å². The maximum atomic E-state index is 12.3. The Labute approximate surface area is 187 Å². The molecule has 0 aliphatic carbocycles. The van der Waals surface area contributed by atoms with Gasteiger partial charge in [0, 0.05) is 0 Å². The van der Waals surface area contributed by atoms with Gasteiger partial charge in [-0.15, -0.1) is 0 Å². The second-order valence-electron chi connectivity index (χ2n) is 7.82. The molecule has 2 aromatic carbocycles. The van der Waals surface area contributed by atoms with Crippen molar-refractivity contribution in [2.24, 2.45) is 0 Å². The van der Waals surface area contributed by atoms with Crippen LogP contribution in [0.15, 0.2) is 47.0 Å². The standard InChI is InChI=1S/C25H28N2O5/c1-15-6-7-21(12-16(15)2)17(3)26-24(28)14-31-25(29)20-8-10-22(11-9-20)30-13-23-18(4)27-32-19(23)5/h6-12,17H,13-14H2,1-5H3,(H,26,28). The summed E-state index contributed by atoms with van der Waals surface area (Å²) in [6.45, 7) is 9.62. The largest absolute Gasteiger partial charge is 0.489 e. The molecule has 1 heterocycles. The molecule has 3 aromatic rings. The number of carbonyl (C=O) groups is 2. The van der Waals surface area contributed by atoms with Gasteiger partial charge in [-0.25, -0.2) is 4.79 Å². The number of hydrogen-bond acceptors (Lipinski definition) is 6. The third-order valence-corrected chi connectivity index (χ3v) is 5.40. The molecular formula is C25H28N2O5. The number of nitrogens with one attached hydrogen (secondary N) is 1. The molecule has 0 spiro atoms. The summed E-state index contributed by atoms with van der Waals surface area (Å²) >= 11 is 0. The number of aryl methyl sites for hydroxylation is 4. The molecule has 0 saturated heterocycles. The Hall–Kier alpha value is -3.61. The van der Waals surface area contributed by atoms with Crippen molar-refractivity contribution in [3.05, 3.63) is 81.7 Å². The maximum Gasteiger partial charge on any atom is 0.338 e. The molecule has 1 aromatic heterocycles. The summed E-state index contributed by atoms with van der Waals surface area (Å²) in [5.74, 6) is 0.383. The first-order chi connectivity index (χ1) is 15.2. The molecule has 7 heteroatoms. The van der Waals surface area contributed by atoms with Gasteiger partial charge in [0.05, 0.1) is 22.9 Å². The highest BCUT2D eigenvalue weighted by atomic mass is 16.5. The summed E-state index contributed by atoms with van der Waals surface area (Å²) in [4.78, 5) is 24.5. The zero-order valence-electron chi connectivity index (χ0n) is 19.0. The van der Waals surface area contributed by atoms with Gasteiger partial charge in [-0.2, -0.15) is 0 Å². The molecule has 0 bridgehead atoms. The van der Waals surface area contributed by atoms with E-state index in [-0.39, 0.29) is 18.6 Å².